The summed E-state index contributed by atoms with van der Waals surface area (Å²) in [4.78, 5) is 28.1. The van der Waals surface area contributed by atoms with Gasteiger partial charge in [-0.05, 0) is 44.2 Å². The van der Waals surface area contributed by atoms with Gasteiger partial charge in [0.05, 0.1) is 12.2 Å². The van der Waals surface area contributed by atoms with E-state index in [4.69, 9.17) is 9.15 Å². The van der Waals surface area contributed by atoms with Crippen molar-refractivity contribution in [3.63, 3.8) is 0 Å². The number of anilines is 2. The quantitative estimate of drug-likeness (QED) is 0.437. The van der Waals surface area contributed by atoms with Gasteiger partial charge in [0.25, 0.3) is 5.91 Å². The number of nitriles is 1. The van der Waals surface area contributed by atoms with Gasteiger partial charge in [-0.3, -0.25) is 4.79 Å². The van der Waals surface area contributed by atoms with Crippen LogP contribution < -0.4 is 10.2 Å². The Hall–Kier alpha value is -3.05. The smallest absolute Gasteiger partial charge is 0.341 e. The SMILES string of the molecule is CCOC(=O)c1c(NC(=O)/C(C#N)=C/c2ccc(N(C)C)o2)sc2c1CCCC2. The minimum atomic E-state index is -0.584. The Bertz CT molecular complexity index is 994. The van der Waals surface area contributed by atoms with E-state index in [9.17, 15) is 14.9 Å². The first kappa shape index (κ1) is 20.7. The molecule has 1 aliphatic carbocycles. The molecule has 0 saturated carbocycles. The first-order chi connectivity index (χ1) is 13.9. The van der Waals surface area contributed by atoms with E-state index in [1.807, 2.05) is 20.2 Å². The molecule has 29 heavy (non-hydrogen) atoms. The highest BCUT2D eigenvalue weighted by molar-refractivity contribution is 7.17. The van der Waals surface area contributed by atoms with Crippen LogP contribution in [0.25, 0.3) is 6.08 Å². The van der Waals surface area contributed by atoms with Gasteiger partial charge in [0.15, 0.2) is 5.88 Å². The average Bonchev–Trinajstić information content (AvgIpc) is 3.30. The van der Waals surface area contributed by atoms with E-state index in [1.54, 1.807) is 24.0 Å². The number of amides is 1. The van der Waals surface area contributed by atoms with Crippen LogP contribution in [0, 0.1) is 11.3 Å². The summed E-state index contributed by atoms with van der Waals surface area (Å²) in [5.74, 6) is -0.00763. The normalized spacial score (nSPS) is 13.4. The number of furan rings is 1. The van der Waals surface area contributed by atoms with Crippen molar-refractivity contribution in [1.82, 2.24) is 0 Å². The van der Waals surface area contributed by atoms with Gasteiger partial charge in [0.1, 0.15) is 22.4 Å². The minimum absolute atomic E-state index is 0.106. The van der Waals surface area contributed by atoms with E-state index in [0.717, 1.165) is 36.1 Å². The lowest BCUT2D eigenvalue weighted by Crippen LogP contribution is -2.16. The lowest BCUT2D eigenvalue weighted by atomic mass is 9.95. The molecule has 0 aromatic carbocycles. The third-order valence-corrected chi connectivity index (χ3v) is 5.79. The fourth-order valence-corrected chi connectivity index (χ4v) is 4.47. The molecule has 1 amide bonds. The van der Waals surface area contributed by atoms with E-state index in [1.165, 1.54) is 17.4 Å². The molecule has 0 unspecified atom stereocenters. The Kier molecular flexibility index (Phi) is 6.39. The number of rotatable bonds is 6. The van der Waals surface area contributed by atoms with E-state index in [0.29, 0.717) is 22.2 Å². The number of thiophene rings is 1. The number of hydrogen-bond donors (Lipinski definition) is 1. The lowest BCUT2D eigenvalue weighted by molar-refractivity contribution is -0.112. The van der Waals surface area contributed by atoms with Crippen LogP contribution in [0.1, 0.15) is 46.3 Å². The molecule has 0 bridgehead atoms. The molecular formula is C21H23N3O4S. The molecule has 1 N–H and O–H groups in total. The van der Waals surface area contributed by atoms with E-state index < -0.39 is 11.9 Å². The van der Waals surface area contributed by atoms with Crippen molar-refractivity contribution >= 4 is 40.2 Å². The van der Waals surface area contributed by atoms with Crippen LogP contribution in [0.3, 0.4) is 0 Å². The minimum Gasteiger partial charge on any atom is -0.462 e. The third kappa shape index (κ3) is 4.51. The number of nitrogens with one attached hydrogen (secondary N) is 1. The van der Waals surface area contributed by atoms with E-state index in [-0.39, 0.29) is 12.2 Å². The zero-order chi connectivity index (χ0) is 21.0. The molecule has 3 rings (SSSR count). The molecule has 2 aromatic heterocycles. The Labute approximate surface area is 173 Å². The second-order valence-electron chi connectivity index (χ2n) is 6.83. The van der Waals surface area contributed by atoms with Gasteiger partial charge < -0.3 is 19.4 Å². The molecular weight excluding hydrogens is 390 g/mol. The van der Waals surface area contributed by atoms with Crippen molar-refractivity contribution in [3.8, 4) is 6.07 Å². The number of esters is 1. The van der Waals surface area contributed by atoms with Crippen molar-refractivity contribution in [2.45, 2.75) is 32.6 Å². The van der Waals surface area contributed by atoms with Crippen molar-refractivity contribution in [2.75, 3.05) is 30.9 Å². The summed E-state index contributed by atoms with van der Waals surface area (Å²) < 4.78 is 10.8. The second-order valence-corrected chi connectivity index (χ2v) is 7.94. The van der Waals surface area contributed by atoms with Gasteiger partial charge in [0.2, 0.25) is 0 Å². The van der Waals surface area contributed by atoms with Crippen molar-refractivity contribution < 1.29 is 18.7 Å². The van der Waals surface area contributed by atoms with Gasteiger partial charge in [-0.1, -0.05) is 0 Å². The van der Waals surface area contributed by atoms with Gasteiger partial charge >= 0.3 is 5.97 Å². The summed E-state index contributed by atoms with van der Waals surface area (Å²) in [6, 6.07) is 5.35. The monoisotopic (exact) mass is 413 g/mol. The highest BCUT2D eigenvalue weighted by atomic mass is 32.1. The lowest BCUT2D eigenvalue weighted by Gasteiger charge is -2.12. The number of ether oxygens (including phenoxy) is 1. The maximum atomic E-state index is 12.7. The number of carbonyl (C=O) groups is 2. The van der Waals surface area contributed by atoms with Gasteiger partial charge in [-0.25, -0.2) is 4.79 Å². The molecule has 0 saturated heterocycles. The zero-order valence-electron chi connectivity index (χ0n) is 16.7. The molecule has 0 aliphatic heterocycles. The summed E-state index contributed by atoms with van der Waals surface area (Å²) >= 11 is 1.39. The Balaban J connectivity index is 1.88. The fraction of sp³-hybridized carbons (Fsp3) is 0.381. The van der Waals surface area contributed by atoms with Crippen LogP contribution >= 0.6 is 11.3 Å². The van der Waals surface area contributed by atoms with Crippen LogP contribution in [0.15, 0.2) is 22.1 Å². The first-order valence-electron chi connectivity index (χ1n) is 9.46. The molecule has 0 radical (unpaired) electrons. The van der Waals surface area contributed by atoms with Crippen LogP contribution in [-0.4, -0.2) is 32.6 Å². The summed E-state index contributed by atoms with van der Waals surface area (Å²) in [5.41, 5.74) is 1.27. The molecule has 8 heteroatoms. The number of nitrogens with zero attached hydrogens (tertiary/aromatic N) is 2. The first-order valence-corrected chi connectivity index (χ1v) is 10.3. The second kappa shape index (κ2) is 8.97. The molecule has 152 valence electrons. The Morgan fingerprint density at radius 1 is 1.34 bits per heavy atom. The van der Waals surface area contributed by atoms with Gasteiger partial charge in [0, 0.05) is 31.1 Å². The fourth-order valence-electron chi connectivity index (χ4n) is 3.19. The zero-order valence-corrected chi connectivity index (χ0v) is 17.5. The molecule has 0 fully saturated rings. The summed E-state index contributed by atoms with van der Waals surface area (Å²) in [6.07, 6.45) is 5.11. The Morgan fingerprint density at radius 3 is 2.76 bits per heavy atom. The van der Waals surface area contributed by atoms with Crippen molar-refractivity contribution in [3.05, 3.63) is 39.5 Å². The maximum absolute atomic E-state index is 12.7. The topological polar surface area (TPSA) is 95.6 Å². The predicted molar refractivity (Wildman–Crippen MR) is 112 cm³/mol. The average molecular weight is 413 g/mol. The van der Waals surface area contributed by atoms with E-state index >= 15 is 0 Å². The molecule has 2 aromatic rings. The Morgan fingerprint density at radius 2 is 2.10 bits per heavy atom. The highest BCUT2D eigenvalue weighted by Gasteiger charge is 2.27. The highest BCUT2D eigenvalue weighted by Crippen LogP contribution is 2.38. The largest absolute Gasteiger partial charge is 0.462 e. The van der Waals surface area contributed by atoms with Gasteiger partial charge in [-0.2, -0.15) is 5.26 Å². The van der Waals surface area contributed by atoms with E-state index in [2.05, 4.69) is 5.32 Å². The van der Waals surface area contributed by atoms with Crippen molar-refractivity contribution in [2.24, 2.45) is 0 Å². The van der Waals surface area contributed by atoms with Crippen LogP contribution in [0.5, 0.6) is 0 Å². The van der Waals surface area contributed by atoms with Gasteiger partial charge in [-0.15, -0.1) is 11.3 Å². The predicted octanol–water partition coefficient (Wildman–Crippen LogP) is 4.01. The number of hydrogen-bond acceptors (Lipinski definition) is 7. The maximum Gasteiger partial charge on any atom is 0.341 e. The van der Waals surface area contributed by atoms with Crippen LogP contribution in [0.4, 0.5) is 10.9 Å². The number of carbonyl (C=O) groups excluding carboxylic acids is 2. The molecule has 7 nitrogen and oxygen atoms in total. The molecule has 0 spiro atoms. The molecule has 1 aliphatic rings. The van der Waals surface area contributed by atoms with Crippen LogP contribution in [0.2, 0.25) is 0 Å². The summed E-state index contributed by atoms with van der Waals surface area (Å²) in [5, 5.41) is 12.6. The number of fused-ring (bicyclic) bond motifs is 1. The summed E-state index contributed by atoms with van der Waals surface area (Å²) in [6.45, 7) is 2.00. The third-order valence-electron chi connectivity index (χ3n) is 4.58. The standard InChI is InChI=1S/C21H23N3O4S/c1-4-27-21(26)18-15-7-5-6-8-16(15)29-20(18)23-19(25)13(12-22)11-14-9-10-17(28-14)24(2)3/h9-11H,4-8H2,1-3H3,(H,23,25)/b13-11+. The van der Waals surface area contributed by atoms with Crippen molar-refractivity contribution in [1.29, 1.82) is 5.26 Å². The molecule has 0 atom stereocenters. The summed E-state index contributed by atoms with van der Waals surface area (Å²) in [7, 11) is 3.67. The number of aryl methyl sites for hydroxylation is 1. The molecule has 2 heterocycles. The van der Waals surface area contributed by atoms with Crippen LogP contribution in [-0.2, 0) is 22.4 Å².